The lowest BCUT2D eigenvalue weighted by atomic mass is 10.2. The van der Waals surface area contributed by atoms with Gasteiger partial charge in [0.25, 0.3) is 5.91 Å². The Kier molecular flexibility index (Phi) is 7.20. The fourth-order valence-corrected chi connectivity index (χ4v) is 4.57. The van der Waals surface area contributed by atoms with Gasteiger partial charge in [-0.15, -0.1) is 0 Å². The molecule has 0 radical (unpaired) electrons. The molecule has 0 saturated carbocycles. The topological polar surface area (TPSA) is 83.8 Å². The standard InChI is InChI=1S/C23H25BrN4O3S/c1-16-7-5-6-8-22(16)28-17(2)13-19(18(28)3)14-25-26-23(29)15-27(32(4,30)31)21-11-9-20(24)10-12-21/h5-14H,15H2,1-4H3,(H,26,29)/b25-14+. The minimum atomic E-state index is -3.64. The van der Waals surface area contributed by atoms with Crippen molar-refractivity contribution < 1.29 is 13.2 Å². The summed E-state index contributed by atoms with van der Waals surface area (Å²) in [5, 5.41) is 4.05. The predicted octanol–water partition coefficient (Wildman–Crippen LogP) is 4.08. The minimum absolute atomic E-state index is 0.375. The summed E-state index contributed by atoms with van der Waals surface area (Å²) in [5.41, 5.74) is 7.96. The number of hydrazone groups is 1. The number of anilines is 1. The van der Waals surface area contributed by atoms with Crippen molar-refractivity contribution in [2.75, 3.05) is 17.1 Å². The molecule has 1 N–H and O–H groups in total. The Morgan fingerprint density at radius 3 is 2.41 bits per heavy atom. The SMILES string of the molecule is Cc1ccccc1-n1c(C)cc(/C=N/NC(=O)CN(c2ccc(Br)cc2)S(C)(=O)=O)c1C. The molecular weight excluding hydrogens is 492 g/mol. The van der Waals surface area contributed by atoms with E-state index in [1.807, 2.05) is 32.0 Å². The normalized spacial score (nSPS) is 11.7. The molecule has 0 bridgehead atoms. The molecule has 0 aliphatic rings. The van der Waals surface area contributed by atoms with Gasteiger partial charge in [0.2, 0.25) is 10.0 Å². The molecule has 0 aliphatic carbocycles. The van der Waals surface area contributed by atoms with Gasteiger partial charge >= 0.3 is 0 Å². The van der Waals surface area contributed by atoms with Crippen molar-refractivity contribution in [1.82, 2.24) is 9.99 Å². The third-order valence-electron chi connectivity index (χ3n) is 5.02. The average Bonchev–Trinajstić information content (AvgIpc) is 3.00. The molecule has 0 fully saturated rings. The lowest BCUT2D eigenvalue weighted by molar-refractivity contribution is -0.119. The molecule has 1 aromatic heterocycles. The molecule has 7 nitrogen and oxygen atoms in total. The smallest absolute Gasteiger partial charge is 0.260 e. The third kappa shape index (κ3) is 5.46. The number of benzene rings is 2. The molecule has 168 valence electrons. The summed E-state index contributed by atoms with van der Waals surface area (Å²) in [4.78, 5) is 12.4. The number of halogens is 1. The fraction of sp³-hybridized carbons (Fsp3) is 0.217. The van der Waals surface area contributed by atoms with Gasteiger partial charge in [-0.1, -0.05) is 34.1 Å². The van der Waals surface area contributed by atoms with E-state index < -0.39 is 15.9 Å². The second-order valence-corrected chi connectivity index (χ2v) is 10.3. The van der Waals surface area contributed by atoms with Gasteiger partial charge < -0.3 is 4.57 Å². The van der Waals surface area contributed by atoms with Crippen LogP contribution in [0.1, 0.15) is 22.5 Å². The lowest BCUT2D eigenvalue weighted by Gasteiger charge is -2.21. The average molecular weight is 517 g/mol. The Morgan fingerprint density at radius 2 is 1.78 bits per heavy atom. The van der Waals surface area contributed by atoms with Gasteiger partial charge in [-0.25, -0.2) is 13.8 Å². The highest BCUT2D eigenvalue weighted by molar-refractivity contribution is 9.10. The molecule has 3 rings (SSSR count). The molecule has 0 unspecified atom stereocenters. The van der Waals surface area contributed by atoms with Crippen LogP contribution >= 0.6 is 15.9 Å². The van der Waals surface area contributed by atoms with Crippen LogP contribution in [0.15, 0.2) is 64.2 Å². The van der Waals surface area contributed by atoms with Crippen molar-refractivity contribution in [3.05, 3.63) is 81.6 Å². The largest absolute Gasteiger partial charge is 0.318 e. The second-order valence-electron chi connectivity index (χ2n) is 7.49. The van der Waals surface area contributed by atoms with Crippen LogP contribution in [-0.4, -0.2) is 37.9 Å². The monoisotopic (exact) mass is 516 g/mol. The van der Waals surface area contributed by atoms with Crippen LogP contribution in [0.5, 0.6) is 0 Å². The molecule has 3 aromatic rings. The molecule has 0 saturated heterocycles. The number of carbonyl (C=O) groups is 1. The summed E-state index contributed by atoms with van der Waals surface area (Å²) in [6.07, 6.45) is 2.63. The van der Waals surface area contributed by atoms with Crippen LogP contribution in [0.25, 0.3) is 5.69 Å². The number of nitrogens with one attached hydrogen (secondary N) is 1. The second kappa shape index (κ2) is 9.70. The van der Waals surface area contributed by atoms with Gasteiger partial charge in [0.05, 0.1) is 18.2 Å². The maximum absolute atomic E-state index is 12.4. The number of aryl methyl sites for hydroxylation is 2. The zero-order chi connectivity index (χ0) is 23.5. The van der Waals surface area contributed by atoms with Gasteiger partial charge in [0.1, 0.15) is 6.54 Å². The molecule has 32 heavy (non-hydrogen) atoms. The van der Waals surface area contributed by atoms with E-state index >= 15 is 0 Å². The van der Waals surface area contributed by atoms with E-state index in [1.165, 1.54) is 0 Å². The summed E-state index contributed by atoms with van der Waals surface area (Å²) >= 11 is 3.32. The highest BCUT2D eigenvalue weighted by atomic mass is 79.9. The van der Waals surface area contributed by atoms with Crippen molar-refractivity contribution >= 4 is 43.8 Å². The maximum atomic E-state index is 12.4. The van der Waals surface area contributed by atoms with E-state index in [9.17, 15) is 13.2 Å². The summed E-state index contributed by atoms with van der Waals surface area (Å²) < 4.78 is 28.4. The van der Waals surface area contributed by atoms with Crippen molar-refractivity contribution in [1.29, 1.82) is 0 Å². The zero-order valence-corrected chi connectivity index (χ0v) is 20.7. The van der Waals surface area contributed by atoms with E-state index in [0.717, 1.165) is 43.2 Å². The summed E-state index contributed by atoms with van der Waals surface area (Å²) in [5.74, 6) is -0.540. The van der Waals surface area contributed by atoms with E-state index in [-0.39, 0.29) is 6.54 Å². The van der Waals surface area contributed by atoms with Crippen LogP contribution in [0.4, 0.5) is 5.69 Å². The van der Waals surface area contributed by atoms with Crippen LogP contribution in [-0.2, 0) is 14.8 Å². The van der Waals surface area contributed by atoms with Crippen molar-refractivity contribution in [2.45, 2.75) is 20.8 Å². The number of carbonyl (C=O) groups excluding carboxylic acids is 1. The number of sulfonamides is 1. The Hall–Kier alpha value is -2.91. The maximum Gasteiger partial charge on any atom is 0.260 e. The molecule has 9 heteroatoms. The molecule has 0 aliphatic heterocycles. The molecule has 2 aromatic carbocycles. The highest BCUT2D eigenvalue weighted by Gasteiger charge is 2.20. The highest BCUT2D eigenvalue weighted by Crippen LogP contribution is 2.22. The van der Waals surface area contributed by atoms with E-state index in [0.29, 0.717) is 5.69 Å². The number of hydrogen-bond donors (Lipinski definition) is 1. The van der Waals surface area contributed by atoms with Gasteiger partial charge in [-0.3, -0.25) is 9.10 Å². The van der Waals surface area contributed by atoms with Crippen molar-refractivity contribution in [3.63, 3.8) is 0 Å². The zero-order valence-electron chi connectivity index (χ0n) is 18.3. The first-order chi connectivity index (χ1) is 15.1. The van der Waals surface area contributed by atoms with Crippen LogP contribution in [0, 0.1) is 20.8 Å². The lowest BCUT2D eigenvalue weighted by Crippen LogP contribution is -2.39. The van der Waals surface area contributed by atoms with Crippen LogP contribution < -0.4 is 9.73 Å². The van der Waals surface area contributed by atoms with E-state index in [4.69, 9.17) is 0 Å². The van der Waals surface area contributed by atoms with Crippen molar-refractivity contribution in [2.24, 2.45) is 5.10 Å². The predicted molar refractivity (Wildman–Crippen MR) is 132 cm³/mol. The summed E-state index contributed by atoms with van der Waals surface area (Å²) in [6.45, 7) is 5.68. The molecule has 1 amide bonds. The Labute approximate surface area is 196 Å². The Bertz CT molecular complexity index is 1260. The van der Waals surface area contributed by atoms with Gasteiger partial charge in [-0.05, 0) is 62.7 Å². The first-order valence-electron chi connectivity index (χ1n) is 9.88. The van der Waals surface area contributed by atoms with Crippen LogP contribution in [0.2, 0.25) is 0 Å². The van der Waals surface area contributed by atoms with Crippen LogP contribution in [0.3, 0.4) is 0 Å². The fourth-order valence-electron chi connectivity index (χ4n) is 3.45. The number of aromatic nitrogens is 1. The quantitative estimate of drug-likeness (QED) is 0.379. The first kappa shape index (κ1) is 23.7. The summed E-state index contributed by atoms with van der Waals surface area (Å²) in [7, 11) is -3.64. The molecule has 0 atom stereocenters. The van der Waals surface area contributed by atoms with Gasteiger partial charge in [0, 0.05) is 27.1 Å². The Morgan fingerprint density at radius 1 is 1.12 bits per heavy atom. The molecule has 0 spiro atoms. The molecular formula is C23H25BrN4O3S. The van der Waals surface area contributed by atoms with Crippen molar-refractivity contribution in [3.8, 4) is 5.69 Å². The minimum Gasteiger partial charge on any atom is -0.318 e. The number of para-hydroxylation sites is 1. The van der Waals surface area contributed by atoms with E-state index in [2.05, 4.69) is 50.1 Å². The Balaban J connectivity index is 1.74. The molecule has 1 heterocycles. The van der Waals surface area contributed by atoms with Gasteiger partial charge in [0.15, 0.2) is 0 Å². The number of hydrogen-bond acceptors (Lipinski definition) is 4. The summed E-state index contributed by atoms with van der Waals surface area (Å²) in [6, 6.07) is 16.8. The van der Waals surface area contributed by atoms with Gasteiger partial charge in [-0.2, -0.15) is 5.10 Å². The van der Waals surface area contributed by atoms with E-state index in [1.54, 1.807) is 30.5 Å². The number of amides is 1. The first-order valence-corrected chi connectivity index (χ1v) is 12.5. The third-order valence-corrected chi connectivity index (χ3v) is 6.69. The number of nitrogens with zero attached hydrogens (tertiary/aromatic N) is 3. The number of rotatable bonds is 7.